The molecule has 4 heteroatoms. The van der Waals surface area contributed by atoms with Gasteiger partial charge < -0.3 is 10.2 Å². The summed E-state index contributed by atoms with van der Waals surface area (Å²) in [5.74, 6) is 0.700. The minimum absolute atomic E-state index is 0.634. The highest BCUT2D eigenvalue weighted by molar-refractivity contribution is 6.32. The minimum Gasteiger partial charge on any atom is -0.495 e. The van der Waals surface area contributed by atoms with Gasteiger partial charge in [0.05, 0.1) is 18.7 Å². The zero-order valence-corrected chi connectivity index (χ0v) is 9.74. The minimum atomic E-state index is 0.634. The van der Waals surface area contributed by atoms with E-state index in [1.54, 1.807) is 7.11 Å². The molecule has 2 rings (SSSR count). The molecule has 1 N–H and O–H groups in total. The molecule has 0 spiro atoms. The standard InChI is InChI=1S/C12H13ClN2O/c1-16-12-5-4-10(8-11(12)13)9-14-15-6-2-3-7-15/h2-8,14H,9H2,1H3. The molecule has 0 amide bonds. The van der Waals surface area contributed by atoms with Gasteiger partial charge in [0.25, 0.3) is 0 Å². The summed E-state index contributed by atoms with van der Waals surface area (Å²) in [6.45, 7) is 0.721. The summed E-state index contributed by atoms with van der Waals surface area (Å²) in [4.78, 5) is 0. The first-order valence-corrected chi connectivity index (χ1v) is 5.36. The molecule has 16 heavy (non-hydrogen) atoms. The monoisotopic (exact) mass is 236 g/mol. The molecular weight excluding hydrogens is 224 g/mol. The van der Waals surface area contributed by atoms with Crippen molar-refractivity contribution in [3.05, 3.63) is 53.3 Å². The van der Waals surface area contributed by atoms with Crippen molar-refractivity contribution >= 4 is 11.6 Å². The summed E-state index contributed by atoms with van der Waals surface area (Å²) in [6.07, 6.45) is 3.90. The Hall–Kier alpha value is -1.61. The van der Waals surface area contributed by atoms with Crippen LogP contribution < -0.4 is 10.2 Å². The molecule has 0 saturated heterocycles. The zero-order valence-electron chi connectivity index (χ0n) is 8.98. The van der Waals surface area contributed by atoms with Crippen molar-refractivity contribution in [1.29, 1.82) is 0 Å². The molecule has 0 unspecified atom stereocenters. The lowest BCUT2D eigenvalue weighted by Crippen LogP contribution is -2.11. The molecule has 1 heterocycles. The molecule has 0 atom stereocenters. The number of nitrogens with one attached hydrogen (secondary N) is 1. The van der Waals surface area contributed by atoms with Gasteiger partial charge in [-0.1, -0.05) is 17.7 Å². The second-order valence-corrected chi connectivity index (χ2v) is 3.80. The molecule has 0 aliphatic carbocycles. The van der Waals surface area contributed by atoms with Gasteiger partial charge in [0.15, 0.2) is 0 Å². The van der Waals surface area contributed by atoms with Gasteiger partial charge in [0.1, 0.15) is 5.75 Å². The highest BCUT2D eigenvalue weighted by atomic mass is 35.5. The highest BCUT2D eigenvalue weighted by Gasteiger charge is 2.01. The molecule has 0 bridgehead atoms. The van der Waals surface area contributed by atoms with Crippen LogP contribution in [0.5, 0.6) is 5.75 Å². The summed E-state index contributed by atoms with van der Waals surface area (Å²) in [5, 5.41) is 0.634. The van der Waals surface area contributed by atoms with Crippen molar-refractivity contribution in [2.24, 2.45) is 0 Å². The van der Waals surface area contributed by atoms with Crippen molar-refractivity contribution in [3.63, 3.8) is 0 Å². The Morgan fingerprint density at radius 1 is 1.31 bits per heavy atom. The molecule has 2 aromatic rings. The quantitative estimate of drug-likeness (QED) is 0.884. The highest BCUT2D eigenvalue weighted by Crippen LogP contribution is 2.24. The first-order valence-electron chi connectivity index (χ1n) is 4.99. The predicted molar refractivity (Wildman–Crippen MR) is 65.5 cm³/mol. The molecule has 1 aromatic heterocycles. The number of methoxy groups -OCH3 is 1. The number of halogens is 1. The third kappa shape index (κ3) is 2.49. The van der Waals surface area contributed by atoms with Crippen LogP contribution in [-0.2, 0) is 6.54 Å². The Morgan fingerprint density at radius 2 is 2.06 bits per heavy atom. The summed E-state index contributed by atoms with van der Waals surface area (Å²) in [7, 11) is 1.61. The molecule has 0 saturated carbocycles. The van der Waals surface area contributed by atoms with E-state index in [2.05, 4.69) is 5.43 Å². The Balaban J connectivity index is 2.02. The van der Waals surface area contributed by atoms with Crippen LogP contribution >= 0.6 is 11.6 Å². The number of hydrogen-bond donors (Lipinski definition) is 1. The number of ether oxygens (including phenoxy) is 1. The average Bonchev–Trinajstić information content (AvgIpc) is 2.79. The van der Waals surface area contributed by atoms with Crippen LogP contribution in [0.25, 0.3) is 0 Å². The molecule has 0 fully saturated rings. The van der Waals surface area contributed by atoms with Crippen LogP contribution in [0.4, 0.5) is 0 Å². The number of aromatic nitrogens is 1. The summed E-state index contributed by atoms with van der Waals surface area (Å²) in [6, 6.07) is 9.69. The lowest BCUT2D eigenvalue weighted by atomic mass is 10.2. The SMILES string of the molecule is COc1ccc(CNn2cccc2)cc1Cl. The van der Waals surface area contributed by atoms with Crippen molar-refractivity contribution < 1.29 is 4.74 Å². The molecule has 84 valence electrons. The van der Waals surface area contributed by atoms with Crippen molar-refractivity contribution in [2.45, 2.75) is 6.54 Å². The summed E-state index contributed by atoms with van der Waals surface area (Å²) < 4.78 is 6.99. The normalized spacial score (nSPS) is 10.1. The Labute approximate surface area is 99.6 Å². The van der Waals surface area contributed by atoms with E-state index in [9.17, 15) is 0 Å². The lowest BCUT2D eigenvalue weighted by molar-refractivity contribution is 0.415. The van der Waals surface area contributed by atoms with E-state index in [4.69, 9.17) is 16.3 Å². The van der Waals surface area contributed by atoms with Gasteiger partial charge in [-0.15, -0.1) is 0 Å². The first kappa shape index (κ1) is 10.9. The van der Waals surface area contributed by atoms with Gasteiger partial charge in [-0.3, -0.25) is 4.68 Å². The van der Waals surface area contributed by atoms with Gasteiger partial charge in [-0.2, -0.15) is 0 Å². The van der Waals surface area contributed by atoms with E-state index in [1.807, 2.05) is 47.4 Å². The van der Waals surface area contributed by atoms with Gasteiger partial charge in [0, 0.05) is 12.4 Å². The van der Waals surface area contributed by atoms with Crippen LogP contribution in [0.2, 0.25) is 5.02 Å². The molecule has 3 nitrogen and oxygen atoms in total. The van der Waals surface area contributed by atoms with Gasteiger partial charge in [-0.05, 0) is 29.8 Å². The molecule has 1 aromatic carbocycles. The van der Waals surface area contributed by atoms with Crippen molar-refractivity contribution in [2.75, 3.05) is 12.5 Å². The molecule has 0 radical (unpaired) electrons. The maximum atomic E-state index is 6.03. The van der Waals surface area contributed by atoms with E-state index in [-0.39, 0.29) is 0 Å². The van der Waals surface area contributed by atoms with Crippen LogP contribution in [0.1, 0.15) is 5.56 Å². The third-order valence-electron chi connectivity index (χ3n) is 2.29. The smallest absolute Gasteiger partial charge is 0.137 e. The van der Waals surface area contributed by atoms with Crippen molar-refractivity contribution in [3.8, 4) is 5.75 Å². The number of nitrogens with zero attached hydrogens (tertiary/aromatic N) is 1. The third-order valence-corrected chi connectivity index (χ3v) is 2.58. The van der Waals surface area contributed by atoms with E-state index >= 15 is 0 Å². The van der Waals surface area contributed by atoms with E-state index in [0.29, 0.717) is 10.8 Å². The van der Waals surface area contributed by atoms with Crippen LogP contribution in [0, 0.1) is 0 Å². The first-order chi connectivity index (χ1) is 7.79. The van der Waals surface area contributed by atoms with Crippen LogP contribution in [0.3, 0.4) is 0 Å². The molecular formula is C12H13ClN2O. The maximum absolute atomic E-state index is 6.03. The van der Waals surface area contributed by atoms with Crippen molar-refractivity contribution in [1.82, 2.24) is 4.68 Å². The fourth-order valence-corrected chi connectivity index (χ4v) is 1.72. The van der Waals surface area contributed by atoms with E-state index in [1.165, 1.54) is 0 Å². The lowest BCUT2D eigenvalue weighted by Gasteiger charge is -2.09. The fourth-order valence-electron chi connectivity index (χ4n) is 1.44. The van der Waals surface area contributed by atoms with Crippen LogP contribution in [-0.4, -0.2) is 11.8 Å². The van der Waals surface area contributed by atoms with E-state index < -0.39 is 0 Å². The summed E-state index contributed by atoms with van der Waals surface area (Å²) in [5.41, 5.74) is 4.33. The van der Waals surface area contributed by atoms with Gasteiger partial charge in [0.2, 0.25) is 0 Å². The second-order valence-electron chi connectivity index (χ2n) is 3.39. The second kappa shape index (κ2) is 4.94. The maximum Gasteiger partial charge on any atom is 0.137 e. The van der Waals surface area contributed by atoms with Crippen LogP contribution in [0.15, 0.2) is 42.7 Å². The van der Waals surface area contributed by atoms with Gasteiger partial charge in [-0.25, -0.2) is 0 Å². The number of rotatable bonds is 4. The zero-order chi connectivity index (χ0) is 11.4. The fraction of sp³-hybridized carbons (Fsp3) is 0.167. The largest absolute Gasteiger partial charge is 0.495 e. The predicted octanol–water partition coefficient (Wildman–Crippen LogP) is 2.89. The summed E-state index contributed by atoms with van der Waals surface area (Å²) >= 11 is 6.03. The van der Waals surface area contributed by atoms with E-state index in [0.717, 1.165) is 12.1 Å². The average molecular weight is 237 g/mol. The number of hydrogen-bond acceptors (Lipinski definition) is 2. The Morgan fingerprint density at radius 3 is 2.69 bits per heavy atom. The Bertz CT molecular complexity index is 454. The Kier molecular flexibility index (Phi) is 3.37. The topological polar surface area (TPSA) is 26.2 Å². The molecule has 0 aliphatic rings. The van der Waals surface area contributed by atoms with Gasteiger partial charge >= 0.3 is 0 Å². The molecule has 0 aliphatic heterocycles. The number of benzene rings is 1.